The van der Waals surface area contributed by atoms with Crippen LogP contribution in [-0.2, 0) is 7.05 Å². The van der Waals surface area contributed by atoms with E-state index in [1.165, 1.54) is 28.7 Å². The molecule has 1 N–H and O–H groups in total. The van der Waals surface area contributed by atoms with Crippen molar-refractivity contribution in [3.63, 3.8) is 0 Å². The summed E-state index contributed by atoms with van der Waals surface area (Å²) in [6, 6.07) is 1.89. The number of aryl methyl sites for hydroxylation is 2. The Morgan fingerprint density at radius 3 is 2.95 bits per heavy atom. The van der Waals surface area contributed by atoms with Crippen LogP contribution < -0.4 is 10.9 Å². The van der Waals surface area contributed by atoms with Gasteiger partial charge in [0.05, 0.1) is 10.9 Å². The Kier molecular flexibility index (Phi) is 2.93. The van der Waals surface area contributed by atoms with Gasteiger partial charge in [-0.05, 0) is 31.7 Å². The van der Waals surface area contributed by atoms with Crippen molar-refractivity contribution < 1.29 is 4.79 Å². The Morgan fingerprint density at radius 1 is 1.53 bits per heavy atom. The number of rotatable bonds is 3. The van der Waals surface area contributed by atoms with Crippen molar-refractivity contribution in [2.24, 2.45) is 13.0 Å². The molecule has 0 spiro atoms. The second-order valence-corrected chi connectivity index (χ2v) is 6.41. The lowest BCUT2D eigenvalue weighted by atomic mass is 10.1. The van der Waals surface area contributed by atoms with Crippen LogP contribution in [0.2, 0.25) is 0 Å². The molecule has 2 aromatic rings. The summed E-state index contributed by atoms with van der Waals surface area (Å²) in [5, 5.41) is 3.50. The molecule has 0 aromatic carbocycles. The summed E-state index contributed by atoms with van der Waals surface area (Å²) in [7, 11) is 1.71. The zero-order valence-corrected chi connectivity index (χ0v) is 11.8. The van der Waals surface area contributed by atoms with E-state index in [1.54, 1.807) is 13.2 Å². The quantitative estimate of drug-likeness (QED) is 0.932. The Balaban J connectivity index is 2.05. The molecule has 0 atom stereocenters. The van der Waals surface area contributed by atoms with Crippen molar-refractivity contribution in [3.05, 3.63) is 33.1 Å². The molecule has 0 aliphatic heterocycles. The number of nitrogens with one attached hydrogen (secondary N) is 1. The van der Waals surface area contributed by atoms with Crippen molar-refractivity contribution in [2.45, 2.75) is 19.8 Å². The summed E-state index contributed by atoms with van der Waals surface area (Å²) in [5.41, 5.74) is 0.459. The Bertz CT molecular complexity index is 710. The summed E-state index contributed by atoms with van der Waals surface area (Å²) >= 11 is 1.51. The van der Waals surface area contributed by atoms with Crippen LogP contribution >= 0.6 is 11.3 Å². The van der Waals surface area contributed by atoms with Crippen molar-refractivity contribution in [1.82, 2.24) is 9.88 Å². The molecular weight excluding hydrogens is 260 g/mol. The van der Waals surface area contributed by atoms with E-state index in [1.807, 2.05) is 13.0 Å². The molecule has 19 heavy (non-hydrogen) atoms. The van der Waals surface area contributed by atoms with Crippen LogP contribution in [0.5, 0.6) is 0 Å². The van der Waals surface area contributed by atoms with Gasteiger partial charge in [0.25, 0.3) is 11.5 Å². The topological polar surface area (TPSA) is 51.1 Å². The third-order valence-electron chi connectivity index (χ3n) is 3.57. The monoisotopic (exact) mass is 276 g/mol. The van der Waals surface area contributed by atoms with Crippen LogP contribution in [-0.4, -0.2) is 17.0 Å². The lowest BCUT2D eigenvalue weighted by molar-refractivity contribution is 0.0953. The van der Waals surface area contributed by atoms with Crippen LogP contribution in [0.15, 0.2) is 17.1 Å². The summed E-state index contributed by atoms with van der Waals surface area (Å²) < 4.78 is 2.41. The normalized spacial score (nSPS) is 14.8. The van der Waals surface area contributed by atoms with Crippen molar-refractivity contribution >= 4 is 27.3 Å². The minimum Gasteiger partial charge on any atom is -0.352 e. The van der Waals surface area contributed by atoms with Gasteiger partial charge in [0.2, 0.25) is 0 Å². The molecule has 5 heteroatoms. The number of hydrogen-bond acceptors (Lipinski definition) is 3. The molecule has 0 saturated heterocycles. The third kappa shape index (κ3) is 2.18. The second kappa shape index (κ2) is 4.49. The maximum atomic E-state index is 12.3. The molecule has 4 nitrogen and oxygen atoms in total. The van der Waals surface area contributed by atoms with Crippen molar-refractivity contribution in [2.75, 3.05) is 6.54 Å². The molecule has 0 unspecified atom stereocenters. The first-order valence-electron chi connectivity index (χ1n) is 6.45. The van der Waals surface area contributed by atoms with Gasteiger partial charge in [0, 0.05) is 29.4 Å². The number of hydrogen-bond donors (Lipinski definition) is 1. The maximum Gasteiger partial charge on any atom is 0.259 e. The number of carbonyl (C=O) groups excluding carboxylic acids is 1. The van der Waals surface area contributed by atoms with E-state index in [9.17, 15) is 9.59 Å². The third-order valence-corrected chi connectivity index (χ3v) is 4.64. The van der Waals surface area contributed by atoms with E-state index in [0.29, 0.717) is 16.9 Å². The highest BCUT2D eigenvalue weighted by Gasteiger charge is 2.24. The predicted octanol–water partition coefficient (Wildman–Crippen LogP) is 2.05. The zero-order valence-electron chi connectivity index (χ0n) is 11.0. The first kappa shape index (κ1) is 12.4. The average molecular weight is 276 g/mol. The molecule has 1 fully saturated rings. The lowest BCUT2D eigenvalue weighted by Crippen LogP contribution is -2.27. The van der Waals surface area contributed by atoms with Crippen molar-refractivity contribution in [1.29, 1.82) is 0 Å². The molecular formula is C14H16N2O2S. The molecule has 0 bridgehead atoms. The molecule has 2 heterocycles. The Morgan fingerprint density at radius 2 is 2.26 bits per heavy atom. The predicted molar refractivity (Wildman–Crippen MR) is 76.9 cm³/mol. The fourth-order valence-electron chi connectivity index (χ4n) is 2.24. The lowest BCUT2D eigenvalue weighted by Gasteiger charge is -2.04. The number of aromatic nitrogens is 1. The summed E-state index contributed by atoms with van der Waals surface area (Å²) in [5.74, 6) is 0.524. The van der Waals surface area contributed by atoms with Gasteiger partial charge in [-0.25, -0.2) is 0 Å². The SMILES string of the molecule is Cc1sc2ccn(C)c(=O)c2c1C(=O)NCC1CC1. The molecule has 3 rings (SSSR count). The molecule has 1 saturated carbocycles. The van der Waals surface area contributed by atoms with Gasteiger partial charge in [-0.15, -0.1) is 11.3 Å². The van der Waals surface area contributed by atoms with Crippen LogP contribution in [0.1, 0.15) is 28.1 Å². The number of amides is 1. The van der Waals surface area contributed by atoms with E-state index < -0.39 is 0 Å². The van der Waals surface area contributed by atoms with Crippen LogP contribution in [0.4, 0.5) is 0 Å². The summed E-state index contributed by atoms with van der Waals surface area (Å²) in [4.78, 5) is 25.4. The standard InChI is InChI=1S/C14H16N2O2S/c1-8-11(13(17)15-7-9-3-4-9)12-10(19-8)5-6-16(2)14(12)18/h5-6,9H,3-4,7H2,1-2H3,(H,15,17). The fraction of sp³-hybridized carbons (Fsp3) is 0.429. The van der Waals surface area contributed by atoms with E-state index in [0.717, 1.165) is 16.1 Å². The maximum absolute atomic E-state index is 12.3. The number of carbonyl (C=O) groups is 1. The zero-order chi connectivity index (χ0) is 13.6. The molecule has 100 valence electrons. The van der Waals surface area contributed by atoms with Gasteiger partial charge in [-0.1, -0.05) is 0 Å². The molecule has 2 aromatic heterocycles. The molecule has 1 aliphatic rings. The number of thiophene rings is 1. The highest BCUT2D eigenvalue weighted by atomic mass is 32.1. The van der Waals surface area contributed by atoms with E-state index in [4.69, 9.17) is 0 Å². The van der Waals surface area contributed by atoms with Crippen LogP contribution in [0, 0.1) is 12.8 Å². The van der Waals surface area contributed by atoms with Gasteiger partial charge in [0.15, 0.2) is 0 Å². The Labute approximate surface area is 115 Å². The van der Waals surface area contributed by atoms with Crippen LogP contribution in [0.25, 0.3) is 10.1 Å². The first-order valence-corrected chi connectivity index (χ1v) is 7.26. The van der Waals surface area contributed by atoms with Crippen LogP contribution in [0.3, 0.4) is 0 Å². The average Bonchev–Trinajstić information content (AvgIpc) is 3.13. The Hall–Kier alpha value is -1.62. The highest BCUT2D eigenvalue weighted by molar-refractivity contribution is 7.19. The van der Waals surface area contributed by atoms with Crippen molar-refractivity contribution in [3.8, 4) is 0 Å². The van der Waals surface area contributed by atoms with Gasteiger partial charge >= 0.3 is 0 Å². The molecule has 1 aliphatic carbocycles. The van der Waals surface area contributed by atoms with Gasteiger partial charge in [-0.2, -0.15) is 0 Å². The molecule has 1 amide bonds. The largest absolute Gasteiger partial charge is 0.352 e. The first-order chi connectivity index (χ1) is 9.08. The van der Waals surface area contributed by atoms with E-state index in [2.05, 4.69) is 5.32 Å². The summed E-state index contributed by atoms with van der Waals surface area (Å²) in [6.07, 6.45) is 4.14. The minimum atomic E-state index is -0.112. The van der Waals surface area contributed by atoms with E-state index >= 15 is 0 Å². The van der Waals surface area contributed by atoms with Gasteiger partial charge < -0.3 is 9.88 Å². The number of fused-ring (bicyclic) bond motifs is 1. The summed E-state index contributed by atoms with van der Waals surface area (Å²) in [6.45, 7) is 2.62. The van der Waals surface area contributed by atoms with Gasteiger partial charge in [0.1, 0.15) is 0 Å². The smallest absolute Gasteiger partial charge is 0.259 e. The highest BCUT2D eigenvalue weighted by Crippen LogP contribution is 2.30. The second-order valence-electron chi connectivity index (χ2n) is 5.16. The van der Waals surface area contributed by atoms with E-state index in [-0.39, 0.29) is 11.5 Å². The fourth-order valence-corrected chi connectivity index (χ4v) is 3.29. The van der Waals surface area contributed by atoms with Gasteiger partial charge in [-0.3, -0.25) is 9.59 Å². The number of nitrogens with zero attached hydrogens (tertiary/aromatic N) is 1. The number of pyridine rings is 1. The minimum absolute atomic E-state index is 0.0987. The molecule has 0 radical (unpaired) electrons.